The zero-order valence-corrected chi connectivity index (χ0v) is 18.9. The summed E-state index contributed by atoms with van der Waals surface area (Å²) in [5.74, 6) is 2.74. The predicted molar refractivity (Wildman–Crippen MR) is 125 cm³/mol. The molecule has 1 saturated carbocycles. The van der Waals surface area contributed by atoms with E-state index in [1.807, 2.05) is 28.7 Å². The number of rotatable bonds is 4. The van der Waals surface area contributed by atoms with Gasteiger partial charge in [-0.2, -0.15) is 0 Å². The number of hydrogen-bond donors (Lipinski definition) is 1. The van der Waals surface area contributed by atoms with E-state index in [9.17, 15) is 4.21 Å². The Labute approximate surface area is 187 Å². The van der Waals surface area contributed by atoms with E-state index in [1.54, 1.807) is 6.20 Å². The Bertz CT molecular complexity index is 1280. The second-order valence-electron chi connectivity index (χ2n) is 8.73. The van der Waals surface area contributed by atoms with Crippen LogP contribution in [0.5, 0.6) is 0 Å². The summed E-state index contributed by atoms with van der Waals surface area (Å²) in [6.07, 6.45) is 6.58. The molecule has 0 aromatic carbocycles. The van der Waals surface area contributed by atoms with Gasteiger partial charge in [-0.15, -0.1) is 0 Å². The van der Waals surface area contributed by atoms with Gasteiger partial charge in [-0.1, -0.05) is 0 Å². The third kappa shape index (κ3) is 3.51. The fourth-order valence-electron chi connectivity index (χ4n) is 4.47. The summed E-state index contributed by atoms with van der Waals surface area (Å²) in [4.78, 5) is 19.7. The van der Waals surface area contributed by atoms with Gasteiger partial charge >= 0.3 is 0 Å². The molecule has 0 amide bonds. The van der Waals surface area contributed by atoms with E-state index in [0.29, 0.717) is 37.2 Å². The number of aromatic nitrogens is 4. The highest BCUT2D eigenvalue weighted by Gasteiger charge is 2.33. The number of nitrogens with one attached hydrogen (secondary N) is 1. The number of aromatic amines is 1. The van der Waals surface area contributed by atoms with Crippen LogP contribution in [0, 0.1) is 0 Å². The smallest absolute Gasteiger partial charge is 0.164 e. The van der Waals surface area contributed by atoms with Crippen molar-refractivity contribution in [1.82, 2.24) is 19.9 Å². The molecule has 0 spiro atoms. The van der Waals surface area contributed by atoms with Crippen molar-refractivity contribution in [2.75, 3.05) is 41.3 Å². The lowest BCUT2D eigenvalue weighted by molar-refractivity contribution is 0.0985. The van der Waals surface area contributed by atoms with Gasteiger partial charge in [0.2, 0.25) is 0 Å². The quantitative estimate of drug-likeness (QED) is 0.652. The molecule has 1 unspecified atom stereocenters. The summed E-state index contributed by atoms with van der Waals surface area (Å²) < 4.78 is 26.1. The number of ether oxygens (including phenoxy) is 1. The maximum absolute atomic E-state index is 13.8. The average molecular weight is 454 g/mol. The van der Waals surface area contributed by atoms with Gasteiger partial charge in [0.25, 0.3) is 0 Å². The first-order chi connectivity index (χ1) is 15.6. The van der Waals surface area contributed by atoms with Crippen LogP contribution in [0.3, 0.4) is 0 Å². The normalized spacial score (nSPS) is 26.1. The summed E-state index contributed by atoms with van der Waals surface area (Å²) in [6.45, 7) is 4.91. The minimum absolute atomic E-state index is 0.197. The molecular weight excluding hydrogens is 426 g/mol. The van der Waals surface area contributed by atoms with E-state index in [2.05, 4.69) is 21.8 Å². The molecule has 3 aromatic heterocycles. The van der Waals surface area contributed by atoms with E-state index < -0.39 is 9.92 Å². The Morgan fingerprint density at radius 3 is 2.94 bits per heavy atom. The Morgan fingerprint density at radius 1 is 1.22 bits per heavy atom. The highest BCUT2D eigenvalue weighted by molar-refractivity contribution is 7.95. The number of anilines is 2. The molecule has 32 heavy (non-hydrogen) atoms. The molecule has 1 N–H and O–H groups in total. The molecule has 2 aliphatic heterocycles. The van der Waals surface area contributed by atoms with Gasteiger partial charge < -0.3 is 14.6 Å². The number of hydrogen-bond acceptors (Lipinski definition) is 7. The summed E-state index contributed by atoms with van der Waals surface area (Å²) in [5, 5.41) is 0.968. The van der Waals surface area contributed by atoms with Gasteiger partial charge in [-0.3, -0.25) is 4.31 Å². The number of nitrogens with zero attached hydrogens (tertiary/aromatic N) is 6. The number of H-pyrrole nitrogens is 1. The first-order valence-electron chi connectivity index (χ1n) is 11.3. The van der Waals surface area contributed by atoms with Gasteiger partial charge in [0.1, 0.15) is 27.2 Å². The molecular formula is C22H27N7O2S. The van der Waals surface area contributed by atoms with E-state index in [4.69, 9.17) is 19.1 Å². The van der Waals surface area contributed by atoms with Crippen LogP contribution in [-0.4, -0.2) is 68.3 Å². The van der Waals surface area contributed by atoms with Crippen molar-refractivity contribution in [2.45, 2.75) is 38.3 Å². The van der Waals surface area contributed by atoms with Crippen molar-refractivity contribution in [3.8, 4) is 11.4 Å². The van der Waals surface area contributed by atoms with Crippen LogP contribution >= 0.6 is 0 Å². The molecule has 6 rings (SSSR count). The Morgan fingerprint density at radius 2 is 2.09 bits per heavy atom. The maximum Gasteiger partial charge on any atom is 0.164 e. The number of fused-ring (bicyclic) bond motifs is 1. The number of pyridine rings is 1. The monoisotopic (exact) mass is 453 g/mol. The second-order valence-corrected chi connectivity index (χ2v) is 11.0. The van der Waals surface area contributed by atoms with Gasteiger partial charge in [-0.05, 0) is 38.3 Å². The molecule has 3 aromatic rings. The zero-order valence-electron chi connectivity index (χ0n) is 18.1. The van der Waals surface area contributed by atoms with Crippen LogP contribution in [0.25, 0.3) is 22.4 Å². The summed E-state index contributed by atoms with van der Waals surface area (Å²) in [6, 6.07) is 6.35. The molecule has 9 nitrogen and oxygen atoms in total. The van der Waals surface area contributed by atoms with Crippen LogP contribution < -0.4 is 9.21 Å². The molecule has 168 valence electrons. The van der Waals surface area contributed by atoms with E-state index in [-0.39, 0.29) is 12.1 Å². The van der Waals surface area contributed by atoms with Crippen molar-refractivity contribution < 1.29 is 8.95 Å². The van der Waals surface area contributed by atoms with Crippen molar-refractivity contribution in [3.05, 3.63) is 30.6 Å². The lowest BCUT2D eigenvalue weighted by Gasteiger charge is -2.35. The van der Waals surface area contributed by atoms with Crippen LogP contribution in [0.1, 0.15) is 26.2 Å². The summed E-state index contributed by atoms with van der Waals surface area (Å²) >= 11 is 0. The molecule has 3 fully saturated rings. The third-order valence-corrected chi connectivity index (χ3v) is 8.80. The fraction of sp³-hybridized carbons (Fsp3) is 0.500. The van der Waals surface area contributed by atoms with Crippen LogP contribution in [-0.2, 0) is 14.7 Å². The lowest BCUT2D eigenvalue weighted by atomic mass is 10.1. The highest BCUT2D eigenvalue weighted by Crippen LogP contribution is 2.34. The van der Waals surface area contributed by atoms with E-state index in [0.717, 1.165) is 48.2 Å². The molecule has 2 saturated heterocycles. The molecule has 1 aliphatic carbocycles. The lowest BCUT2D eigenvalue weighted by Crippen LogP contribution is -2.44. The van der Waals surface area contributed by atoms with Crippen LogP contribution in [0.4, 0.5) is 11.6 Å². The van der Waals surface area contributed by atoms with Gasteiger partial charge in [0.15, 0.2) is 5.82 Å². The topological polar surface area (TPSA) is 99.6 Å². The Balaban J connectivity index is 1.51. The summed E-state index contributed by atoms with van der Waals surface area (Å²) in [5.41, 5.74) is 1.71. The fourth-order valence-corrected chi connectivity index (χ4v) is 6.89. The van der Waals surface area contributed by atoms with Crippen LogP contribution in [0.2, 0.25) is 0 Å². The SMILES string of the molecule is C[C@@H]1COCCN1c1cc(N2CCCS2(=O)=NC2CC2)nc(-c2ccnc3[nH]ccc23)n1. The molecule has 0 bridgehead atoms. The van der Waals surface area contributed by atoms with Gasteiger partial charge in [0.05, 0.1) is 31.1 Å². The standard InChI is InChI=1S/C22H27N7O2S/c1-15-14-31-11-10-28(15)19-13-20(29-9-2-12-32(29,30)27-16-3-4-16)26-22(25-19)18-6-8-24-21-17(18)5-7-23-21/h5-8,13,15-16H,2-4,9-12,14H2,1H3,(H,23,24)/t15-,32?/m1/s1. The molecule has 10 heteroatoms. The predicted octanol–water partition coefficient (Wildman–Crippen LogP) is 3.00. The van der Waals surface area contributed by atoms with E-state index >= 15 is 0 Å². The summed E-state index contributed by atoms with van der Waals surface area (Å²) in [7, 11) is -2.47. The average Bonchev–Trinajstić information content (AvgIpc) is 3.31. The minimum Gasteiger partial charge on any atom is -0.377 e. The van der Waals surface area contributed by atoms with Crippen molar-refractivity contribution in [1.29, 1.82) is 0 Å². The van der Waals surface area contributed by atoms with Crippen molar-refractivity contribution in [3.63, 3.8) is 0 Å². The maximum atomic E-state index is 13.8. The second kappa shape index (κ2) is 7.70. The van der Waals surface area contributed by atoms with Crippen molar-refractivity contribution >= 4 is 32.6 Å². The third-order valence-electron chi connectivity index (χ3n) is 6.29. The largest absolute Gasteiger partial charge is 0.377 e. The highest BCUT2D eigenvalue weighted by atomic mass is 32.2. The molecule has 2 atom stereocenters. The Kier molecular flexibility index (Phi) is 4.80. The first kappa shape index (κ1) is 19.9. The zero-order chi connectivity index (χ0) is 21.7. The number of morpholine rings is 1. The molecule has 3 aliphatic rings. The minimum atomic E-state index is -2.47. The van der Waals surface area contributed by atoms with E-state index in [1.165, 1.54) is 0 Å². The molecule has 5 heterocycles. The van der Waals surface area contributed by atoms with Crippen molar-refractivity contribution in [2.24, 2.45) is 4.36 Å². The van der Waals surface area contributed by atoms with Gasteiger partial charge in [0, 0.05) is 42.5 Å². The van der Waals surface area contributed by atoms with Gasteiger partial charge in [-0.25, -0.2) is 23.5 Å². The van der Waals surface area contributed by atoms with Crippen LogP contribution in [0.15, 0.2) is 35.0 Å². The Hall–Kier alpha value is -2.72. The first-order valence-corrected chi connectivity index (χ1v) is 12.9. The molecule has 0 radical (unpaired) electrons.